The standard InChI is InChI=1S/C12H14FN3S/c1-3-14-12(11-7-15-17-16-11)9-6-8(2)4-5-10(9)13/h4-7,12,14H,3H2,1-2H3. The SMILES string of the molecule is CCNC(c1cnsn1)c1cc(C)ccc1F. The number of aromatic nitrogens is 2. The molecule has 0 saturated carbocycles. The minimum atomic E-state index is -0.223. The summed E-state index contributed by atoms with van der Waals surface area (Å²) in [5.41, 5.74) is 2.42. The molecule has 0 amide bonds. The molecule has 1 aromatic carbocycles. The van der Waals surface area contributed by atoms with Crippen molar-refractivity contribution in [3.8, 4) is 0 Å². The van der Waals surface area contributed by atoms with Crippen LogP contribution in [0.5, 0.6) is 0 Å². The molecule has 90 valence electrons. The number of nitrogens with zero attached hydrogens (tertiary/aromatic N) is 2. The van der Waals surface area contributed by atoms with Crippen molar-refractivity contribution in [2.75, 3.05) is 6.54 Å². The second-order valence-electron chi connectivity index (χ2n) is 3.85. The van der Waals surface area contributed by atoms with Crippen molar-refractivity contribution >= 4 is 11.7 Å². The lowest BCUT2D eigenvalue weighted by Crippen LogP contribution is -2.23. The molecule has 1 N–H and O–H groups in total. The average Bonchev–Trinajstić information content (AvgIpc) is 2.83. The number of aryl methyl sites for hydroxylation is 1. The monoisotopic (exact) mass is 251 g/mol. The van der Waals surface area contributed by atoms with Crippen LogP contribution in [0, 0.1) is 12.7 Å². The third-order valence-electron chi connectivity index (χ3n) is 2.54. The van der Waals surface area contributed by atoms with E-state index in [2.05, 4.69) is 14.1 Å². The lowest BCUT2D eigenvalue weighted by Gasteiger charge is -2.17. The molecular weight excluding hydrogens is 237 g/mol. The smallest absolute Gasteiger partial charge is 0.128 e. The Bertz CT molecular complexity index is 485. The van der Waals surface area contributed by atoms with Crippen molar-refractivity contribution in [2.24, 2.45) is 0 Å². The average molecular weight is 251 g/mol. The molecule has 17 heavy (non-hydrogen) atoms. The highest BCUT2D eigenvalue weighted by atomic mass is 32.1. The molecule has 1 unspecified atom stereocenters. The summed E-state index contributed by atoms with van der Waals surface area (Å²) in [6.07, 6.45) is 1.68. The third kappa shape index (κ3) is 2.68. The van der Waals surface area contributed by atoms with Gasteiger partial charge in [0.05, 0.1) is 29.7 Å². The van der Waals surface area contributed by atoms with Gasteiger partial charge in [-0.2, -0.15) is 8.75 Å². The van der Waals surface area contributed by atoms with Gasteiger partial charge >= 0.3 is 0 Å². The molecule has 0 spiro atoms. The maximum atomic E-state index is 13.9. The van der Waals surface area contributed by atoms with Crippen LogP contribution < -0.4 is 5.32 Å². The lowest BCUT2D eigenvalue weighted by molar-refractivity contribution is 0.553. The summed E-state index contributed by atoms with van der Waals surface area (Å²) in [4.78, 5) is 0. The summed E-state index contributed by atoms with van der Waals surface area (Å²) in [6, 6.07) is 4.89. The van der Waals surface area contributed by atoms with Crippen LogP contribution in [0.25, 0.3) is 0 Å². The van der Waals surface area contributed by atoms with Crippen LogP contribution in [0.3, 0.4) is 0 Å². The zero-order chi connectivity index (χ0) is 12.3. The van der Waals surface area contributed by atoms with Crippen molar-refractivity contribution in [3.63, 3.8) is 0 Å². The van der Waals surface area contributed by atoms with Crippen LogP contribution >= 0.6 is 11.7 Å². The molecule has 2 aromatic rings. The summed E-state index contributed by atoms with van der Waals surface area (Å²) < 4.78 is 22.0. The van der Waals surface area contributed by atoms with E-state index in [9.17, 15) is 4.39 Å². The first-order valence-electron chi connectivity index (χ1n) is 5.49. The van der Waals surface area contributed by atoms with E-state index >= 15 is 0 Å². The largest absolute Gasteiger partial charge is 0.305 e. The second-order valence-corrected chi connectivity index (χ2v) is 4.40. The second kappa shape index (κ2) is 5.33. The summed E-state index contributed by atoms with van der Waals surface area (Å²) in [7, 11) is 0. The Balaban J connectivity index is 2.42. The molecule has 0 aliphatic carbocycles. The van der Waals surface area contributed by atoms with Gasteiger partial charge in [-0.1, -0.05) is 24.6 Å². The van der Waals surface area contributed by atoms with Crippen LogP contribution in [-0.2, 0) is 0 Å². The molecule has 5 heteroatoms. The van der Waals surface area contributed by atoms with Crippen molar-refractivity contribution in [1.82, 2.24) is 14.1 Å². The molecule has 0 bridgehead atoms. The molecular formula is C12H14FN3S. The zero-order valence-corrected chi connectivity index (χ0v) is 10.6. The maximum Gasteiger partial charge on any atom is 0.128 e. The Morgan fingerprint density at radius 2 is 2.29 bits per heavy atom. The fourth-order valence-corrected chi connectivity index (χ4v) is 2.21. The van der Waals surface area contributed by atoms with E-state index in [1.807, 2.05) is 19.9 Å². The summed E-state index contributed by atoms with van der Waals surface area (Å²) in [5, 5.41) is 3.23. The number of halogens is 1. The van der Waals surface area contributed by atoms with Crippen molar-refractivity contribution in [3.05, 3.63) is 47.0 Å². The number of nitrogens with one attached hydrogen (secondary N) is 1. The molecule has 0 aliphatic heterocycles. The minimum absolute atomic E-state index is 0.213. The van der Waals surface area contributed by atoms with Gasteiger partial charge in [0, 0.05) is 5.56 Å². The molecule has 0 radical (unpaired) electrons. The Morgan fingerprint density at radius 3 is 2.94 bits per heavy atom. The maximum absolute atomic E-state index is 13.9. The molecule has 1 aromatic heterocycles. The fourth-order valence-electron chi connectivity index (χ4n) is 1.76. The normalized spacial score (nSPS) is 12.6. The number of rotatable bonds is 4. The van der Waals surface area contributed by atoms with Crippen molar-refractivity contribution in [1.29, 1.82) is 0 Å². The predicted molar refractivity (Wildman–Crippen MR) is 66.6 cm³/mol. The van der Waals surface area contributed by atoms with E-state index in [0.29, 0.717) is 5.56 Å². The number of hydrogen-bond donors (Lipinski definition) is 1. The summed E-state index contributed by atoms with van der Waals surface area (Å²) in [5.74, 6) is -0.213. The first kappa shape index (κ1) is 12.1. The van der Waals surface area contributed by atoms with Crippen LogP contribution in [0.4, 0.5) is 4.39 Å². The van der Waals surface area contributed by atoms with Crippen LogP contribution in [0.2, 0.25) is 0 Å². The van der Waals surface area contributed by atoms with Gasteiger partial charge in [-0.05, 0) is 19.5 Å². The molecule has 1 heterocycles. The van der Waals surface area contributed by atoms with Crippen molar-refractivity contribution < 1.29 is 4.39 Å². The first-order chi connectivity index (χ1) is 8.22. The number of hydrogen-bond acceptors (Lipinski definition) is 4. The zero-order valence-electron chi connectivity index (χ0n) is 9.77. The van der Waals surface area contributed by atoms with Crippen LogP contribution in [0.15, 0.2) is 24.4 Å². The highest BCUT2D eigenvalue weighted by Crippen LogP contribution is 2.24. The van der Waals surface area contributed by atoms with Gasteiger partial charge in [0.2, 0.25) is 0 Å². The van der Waals surface area contributed by atoms with E-state index in [-0.39, 0.29) is 11.9 Å². The fraction of sp³-hybridized carbons (Fsp3) is 0.333. The van der Waals surface area contributed by atoms with E-state index in [1.165, 1.54) is 6.07 Å². The molecule has 3 nitrogen and oxygen atoms in total. The molecule has 1 atom stereocenters. The Hall–Kier alpha value is -1.33. The van der Waals surface area contributed by atoms with E-state index < -0.39 is 0 Å². The molecule has 2 rings (SSSR count). The van der Waals surface area contributed by atoms with Crippen LogP contribution in [0.1, 0.15) is 29.8 Å². The van der Waals surface area contributed by atoms with Gasteiger partial charge < -0.3 is 5.32 Å². The van der Waals surface area contributed by atoms with E-state index in [1.54, 1.807) is 12.3 Å². The Labute approximate surface area is 104 Å². The van der Waals surface area contributed by atoms with Gasteiger partial charge in [0.15, 0.2) is 0 Å². The third-order valence-corrected chi connectivity index (χ3v) is 3.04. The Morgan fingerprint density at radius 1 is 1.47 bits per heavy atom. The first-order valence-corrected chi connectivity index (χ1v) is 6.22. The molecule has 0 aliphatic rings. The van der Waals surface area contributed by atoms with Gasteiger partial charge in [0.1, 0.15) is 5.82 Å². The van der Waals surface area contributed by atoms with Gasteiger partial charge in [0.25, 0.3) is 0 Å². The van der Waals surface area contributed by atoms with Crippen LogP contribution in [-0.4, -0.2) is 15.3 Å². The quantitative estimate of drug-likeness (QED) is 0.908. The van der Waals surface area contributed by atoms with E-state index in [4.69, 9.17) is 0 Å². The minimum Gasteiger partial charge on any atom is -0.305 e. The summed E-state index contributed by atoms with van der Waals surface area (Å²) in [6.45, 7) is 4.68. The highest BCUT2D eigenvalue weighted by Gasteiger charge is 2.19. The van der Waals surface area contributed by atoms with Gasteiger partial charge in [-0.25, -0.2) is 4.39 Å². The predicted octanol–water partition coefficient (Wildman–Crippen LogP) is 2.68. The van der Waals surface area contributed by atoms with Crippen molar-refractivity contribution in [2.45, 2.75) is 19.9 Å². The van der Waals surface area contributed by atoms with E-state index in [0.717, 1.165) is 29.5 Å². The topological polar surface area (TPSA) is 37.8 Å². The Kier molecular flexibility index (Phi) is 3.81. The number of benzene rings is 1. The molecule has 0 fully saturated rings. The van der Waals surface area contributed by atoms with Gasteiger partial charge in [-0.15, -0.1) is 0 Å². The lowest BCUT2D eigenvalue weighted by atomic mass is 10.0. The summed E-state index contributed by atoms with van der Waals surface area (Å²) >= 11 is 1.14. The molecule has 0 saturated heterocycles. The van der Waals surface area contributed by atoms with Gasteiger partial charge in [-0.3, -0.25) is 0 Å². The highest BCUT2D eigenvalue weighted by molar-refractivity contribution is 6.99.